The summed E-state index contributed by atoms with van der Waals surface area (Å²) in [5.41, 5.74) is 6.99. The Morgan fingerprint density at radius 3 is 2.56 bits per heavy atom. The van der Waals surface area contributed by atoms with Gasteiger partial charge in [-0.2, -0.15) is 0 Å². The molecule has 1 saturated carbocycles. The van der Waals surface area contributed by atoms with Gasteiger partial charge in [-0.15, -0.1) is 0 Å². The molecular formula is C22H33N3O2. The van der Waals surface area contributed by atoms with Gasteiger partial charge in [-0.25, -0.2) is 9.36 Å². The molecule has 2 N–H and O–H groups in total. The lowest BCUT2D eigenvalue weighted by Crippen LogP contribution is -2.40. The molecule has 1 aromatic carbocycles. The summed E-state index contributed by atoms with van der Waals surface area (Å²) in [5.74, 6) is 1.23. The molecule has 3 rings (SSSR count). The van der Waals surface area contributed by atoms with Gasteiger partial charge in [0.05, 0.1) is 11.0 Å². The fourth-order valence-electron chi connectivity index (χ4n) is 4.70. The Morgan fingerprint density at radius 2 is 1.89 bits per heavy atom. The predicted molar refractivity (Wildman–Crippen MR) is 110 cm³/mol. The van der Waals surface area contributed by atoms with E-state index in [-0.39, 0.29) is 17.5 Å². The monoisotopic (exact) mass is 371 g/mol. The number of fused-ring (bicyclic) bond motifs is 1. The quantitative estimate of drug-likeness (QED) is 0.783. The zero-order valence-corrected chi connectivity index (χ0v) is 16.9. The molecule has 5 heteroatoms. The maximum Gasteiger partial charge on any atom is 0.335 e. The van der Waals surface area contributed by atoms with Gasteiger partial charge in [0.1, 0.15) is 0 Å². The van der Waals surface area contributed by atoms with Crippen molar-refractivity contribution in [1.82, 2.24) is 9.13 Å². The predicted octanol–water partition coefficient (Wildman–Crippen LogP) is 3.89. The topological polar surface area (TPSA) is 70.0 Å². The highest BCUT2D eigenvalue weighted by molar-refractivity contribution is 5.92. The summed E-state index contributed by atoms with van der Waals surface area (Å²) in [6.07, 6.45) is 4.82. The van der Waals surface area contributed by atoms with Crippen LogP contribution in [0.15, 0.2) is 29.1 Å². The Kier molecular flexibility index (Phi) is 6.20. The zero-order valence-electron chi connectivity index (χ0n) is 16.9. The standard InChI is InChI=1S/C22H33N3O2/c1-15(2)17-11-10-16(3)14-18(17)21(26)25-20-9-5-4-8-19(20)24(22(25)27)13-7-6-12-23/h4-5,8-9,15-18H,6-7,10-14,23H2,1-3H3/t16-,17+,18+/m0/s1. The molecule has 1 aliphatic carbocycles. The van der Waals surface area contributed by atoms with E-state index in [0.29, 0.717) is 30.8 Å². The van der Waals surface area contributed by atoms with Crippen molar-refractivity contribution in [3.05, 3.63) is 34.7 Å². The van der Waals surface area contributed by atoms with Crippen molar-refractivity contribution in [1.29, 1.82) is 0 Å². The van der Waals surface area contributed by atoms with Gasteiger partial charge in [0.15, 0.2) is 0 Å². The molecule has 0 amide bonds. The van der Waals surface area contributed by atoms with Gasteiger partial charge in [0, 0.05) is 12.5 Å². The maximum absolute atomic E-state index is 13.6. The summed E-state index contributed by atoms with van der Waals surface area (Å²) in [6.45, 7) is 7.82. The fraction of sp³-hybridized carbons (Fsp3) is 0.636. The Morgan fingerprint density at radius 1 is 1.19 bits per heavy atom. The number of unbranched alkanes of at least 4 members (excludes halogenated alkanes) is 1. The summed E-state index contributed by atoms with van der Waals surface area (Å²) in [6, 6.07) is 7.66. The number of carbonyl (C=O) groups is 1. The highest BCUT2D eigenvalue weighted by Gasteiger charge is 2.37. The van der Waals surface area contributed by atoms with Crippen LogP contribution in [-0.2, 0) is 6.54 Å². The second-order valence-electron chi connectivity index (χ2n) is 8.52. The Labute approximate surface area is 161 Å². The van der Waals surface area contributed by atoms with E-state index < -0.39 is 0 Å². The summed E-state index contributed by atoms with van der Waals surface area (Å²) in [5, 5.41) is 0. The summed E-state index contributed by atoms with van der Waals surface area (Å²) in [4.78, 5) is 26.8. The lowest BCUT2D eigenvalue weighted by molar-refractivity contribution is 0.0633. The summed E-state index contributed by atoms with van der Waals surface area (Å²) in [7, 11) is 0. The molecule has 1 heterocycles. The number of nitrogens with two attached hydrogens (primary N) is 1. The number of aryl methyl sites for hydroxylation is 1. The first kappa shape index (κ1) is 19.9. The number of nitrogens with zero attached hydrogens (tertiary/aromatic N) is 2. The molecule has 2 aromatic rings. The van der Waals surface area contributed by atoms with Gasteiger partial charge in [-0.1, -0.05) is 39.3 Å². The second kappa shape index (κ2) is 8.42. The van der Waals surface area contributed by atoms with E-state index >= 15 is 0 Å². The normalized spacial score (nSPS) is 23.2. The van der Waals surface area contributed by atoms with Gasteiger partial charge < -0.3 is 5.73 Å². The molecule has 1 aliphatic rings. The third-order valence-corrected chi connectivity index (χ3v) is 6.23. The lowest BCUT2D eigenvalue weighted by Gasteiger charge is -2.36. The molecule has 0 aliphatic heterocycles. The fourth-order valence-corrected chi connectivity index (χ4v) is 4.70. The first-order valence-corrected chi connectivity index (χ1v) is 10.4. The molecule has 0 bridgehead atoms. The third kappa shape index (κ3) is 3.88. The van der Waals surface area contributed by atoms with Crippen molar-refractivity contribution < 1.29 is 4.79 Å². The molecule has 1 aromatic heterocycles. The highest BCUT2D eigenvalue weighted by atomic mass is 16.2. The smallest absolute Gasteiger partial charge is 0.330 e. The van der Waals surface area contributed by atoms with Gasteiger partial charge in [0.2, 0.25) is 5.91 Å². The van der Waals surface area contributed by atoms with Gasteiger partial charge >= 0.3 is 5.69 Å². The molecule has 148 valence electrons. The molecule has 1 fully saturated rings. The van der Waals surface area contributed by atoms with Crippen LogP contribution in [0, 0.1) is 23.7 Å². The number of aromatic nitrogens is 2. The minimum atomic E-state index is -0.195. The zero-order chi connectivity index (χ0) is 19.6. The van der Waals surface area contributed by atoms with Gasteiger partial charge in [-0.3, -0.25) is 9.36 Å². The van der Waals surface area contributed by atoms with Crippen molar-refractivity contribution in [3.63, 3.8) is 0 Å². The van der Waals surface area contributed by atoms with E-state index in [0.717, 1.165) is 36.7 Å². The average molecular weight is 372 g/mol. The van der Waals surface area contributed by atoms with Crippen molar-refractivity contribution >= 4 is 16.9 Å². The molecule has 27 heavy (non-hydrogen) atoms. The number of carbonyl (C=O) groups excluding carboxylic acids is 1. The van der Waals surface area contributed by atoms with Crippen LogP contribution in [0.3, 0.4) is 0 Å². The largest absolute Gasteiger partial charge is 0.335 e. The van der Waals surface area contributed by atoms with Gasteiger partial charge in [0.25, 0.3) is 0 Å². The van der Waals surface area contributed by atoms with Crippen molar-refractivity contribution in [3.8, 4) is 0 Å². The van der Waals surface area contributed by atoms with Crippen LogP contribution < -0.4 is 11.4 Å². The molecule has 0 unspecified atom stereocenters. The van der Waals surface area contributed by atoms with Crippen LogP contribution in [0.25, 0.3) is 11.0 Å². The van der Waals surface area contributed by atoms with E-state index in [9.17, 15) is 9.59 Å². The van der Waals surface area contributed by atoms with Crippen LogP contribution in [0.4, 0.5) is 0 Å². The molecule has 0 saturated heterocycles. The molecule has 0 spiro atoms. The minimum absolute atomic E-state index is 0.0148. The number of para-hydroxylation sites is 2. The van der Waals surface area contributed by atoms with Crippen LogP contribution in [0.2, 0.25) is 0 Å². The van der Waals surface area contributed by atoms with E-state index in [2.05, 4.69) is 20.8 Å². The van der Waals surface area contributed by atoms with Crippen LogP contribution >= 0.6 is 0 Å². The van der Waals surface area contributed by atoms with Gasteiger partial charge in [-0.05, 0) is 62.1 Å². The van der Waals surface area contributed by atoms with Crippen molar-refractivity contribution in [2.24, 2.45) is 29.4 Å². The number of rotatable bonds is 6. The van der Waals surface area contributed by atoms with E-state index in [1.165, 1.54) is 11.0 Å². The maximum atomic E-state index is 13.6. The highest BCUT2D eigenvalue weighted by Crippen LogP contribution is 2.39. The Bertz CT molecular complexity index is 849. The van der Waals surface area contributed by atoms with E-state index in [4.69, 9.17) is 5.73 Å². The van der Waals surface area contributed by atoms with Crippen molar-refractivity contribution in [2.75, 3.05) is 6.54 Å². The molecular weight excluding hydrogens is 338 g/mol. The molecule has 5 nitrogen and oxygen atoms in total. The number of hydrogen-bond donors (Lipinski definition) is 1. The van der Waals surface area contributed by atoms with Crippen molar-refractivity contribution in [2.45, 2.75) is 59.4 Å². The molecule has 0 radical (unpaired) electrons. The second-order valence-corrected chi connectivity index (χ2v) is 8.52. The minimum Gasteiger partial charge on any atom is -0.330 e. The average Bonchev–Trinajstić information content (AvgIpc) is 2.93. The van der Waals surface area contributed by atoms with E-state index in [1.807, 2.05) is 24.3 Å². The third-order valence-electron chi connectivity index (χ3n) is 6.23. The van der Waals surface area contributed by atoms with Crippen LogP contribution in [0.1, 0.15) is 57.7 Å². The molecule has 3 atom stereocenters. The number of imidazole rings is 1. The van der Waals surface area contributed by atoms with Crippen LogP contribution in [0.5, 0.6) is 0 Å². The number of benzene rings is 1. The Balaban J connectivity index is 2.03. The van der Waals surface area contributed by atoms with E-state index in [1.54, 1.807) is 4.57 Å². The SMILES string of the molecule is CC(C)[C@H]1CC[C@H](C)C[C@H]1C(=O)n1c(=O)n(CCCCN)c2ccccc21. The lowest BCUT2D eigenvalue weighted by atomic mass is 9.69. The Hall–Kier alpha value is -1.88. The summed E-state index contributed by atoms with van der Waals surface area (Å²) < 4.78 is 3.20. The summed E-state index contributed by atoms with van der Waals surface area (Å²) >= 11 is 0. The number of hydrogen-bond acceptors (Lipinski definition) is 3. The van der Waals surface area contributed by atoms with Crippen LogP contribution in [-0.4, -0.2) is 21.6 Å². The first-order chi connectivity index (χ1) is 13.0. The first-order valence-electron chi connectivity index (χ1n) is 10.4.